The molecule has 5 aliphatic carbocycles. The summed E-state index contributed by atoms with van der Waals surface area (Å²) in [5.74, 6) is 3.93. The van der Waals surface area contributed by atoms with Crippen molar-refractivity contribution in [2.45, 2.75) is 89.5 Å². The number of hydrogen-bond donors (Lipinski definition) is 2. The minimum Gasteiger partial charge on any atom is -0.361 e. The number of carbonyl (C=O) groups excluding carboxylic acids is 1. The van der Waals surface area contributed by atoms with Crippen molar-refractivity contribution in [3.05, 3.63) is 35.0 Å². The van der Waals surface area contributed by atoms with Gasteiger partial charge >= 0.3 is 0 Å². The smallest absolute Gasteiger partial charge is 0.226 e. The first kappa shape index (κ1) is 22.4. The highest BCUT2D eigenvalue weighted by Crippen LogP contribution is 2.60. The van der Waals surface area contributed by atoms with E-state index in [1.54, 1.807) is 5.56 Å². The molecule has 1 unspecified atom stereocenters. The molecule has 3 atom stereocenters. The van der Waals surface area contributed by atoms with Crippen LogP contribution in [0, 0.1) is 29.1 Å². The van der Waals surface area contributed by atoms with Crippen LogP contribution in [-0.4, -0.2) is 42.0 Å². The lowest BCUT2D eigenvalue weighted by atomic mass is 9.49. The summed E-state index contributed by atoms with van der Waals surface area (Å²) in [7, 11) is 2.31. The van der Waals surface area contributed by atoms with Crippen molar-refractivity contribution in [3.63, 3.8) is 0 Å². The Balaban J connectivity index is 1.12. The van der Waals surface area contributed by atoms with E-state index >= 15 is 0 Å². The Morgan fingerprint density at radius 1 is 1.09 bits per heavy atom. The number of H-pyrrole nitrogens is 1. The second kappa shape index (κ2) is 7.60. The average molecular weight is 474 g/mol. The van der Waals surface area contributed by atoms with E-state index in [4.69, 9.17) is 0 Å². The third kappa shape index (κ3) is 3.53. The molecule has 2 heterocycles. The van der Waals surface area contributed by atoms with E-state index in [0.717, 1.165) is 56.5 Å². The van der Waals surface area contributed by atoms with Crippen LogP contribution in [0.4, 0.5) is 0 Å². The predicted octanol–water partition coefficient (Wildman–Crippen LogP) is 5.76. The first-order valence-electron chi connectivity index (χ1n) is 14.3. The van der Waals surface area contributed by atoms with Gasteiger partial charge in [-0.15, -0.1) is 0 Å². The molecule has 35 heavy (non-hydrogen) atoms. The van der Waals surface area contributed by atoms with Crippen LogP contribution in [0.3, 0.4) is 0 Å². The van der Waals surface area contributed by atoms with E-state index in [0.29, 0.717) is 23.8 Å². The van der Waals surface area contributed by atoms with Crippen LogP contribution in [0.25, 0.3) is 10.9 Å². The van der Waals surface area contributed by atoms with Gasteiger partial charge in [0.1, 0.15) is 0 Å². The summed E-state index contributed by atoms with van der Waals surface area (Å²) < 4.78 is 0. The van der Waals surface area contributed by atoms with Crippen LogP contribution in [-0.2, 0) is 16.6 Å². The molecule has 4 bridgehead atoms. The lowest BCUT2D eigenvalue weighted by Crippen LogP contribution is -2.55. The minimum absolute atomic E-state index is 0.0318. The Hall–Kier alpha value is -1.81. The van der Waals surface area contributed by atoms with Gasteiger partial charge < -0.3 is 15.2 Å². The summed E-state index contributed by atoms with van der Waals surface area (Å²) in [4.78, 5) is 19.8. The van der Waals surface area contributed by atoms with Gasteiger partial charge in [0, 0.05) is 47.6 Å². The summed E-state index contributed by atoms with van der Waals surface area (Å²) in [5, 5.41) is 5.01. The van der Waals surface area contributed by atoms with Crippen molar-refractivity contribution in [1.82, 2.24) is 15.2 Å². The number of nitrogens with one attached hydrogen (secondary N) is 2. The van der Waals surface area contributed by atoms with E-state index in [1.165, 1.54) is 47.7 Å². The van der Waals surface area contributed by atoms with Gasteiger partial charge in [0.25, 0.3) is 0 Å². The number of aromatic nitrogens is 1. The lowest BCUT2D eigenvalue weighted by Gasteiger charge is -2.55. The van der Waals surface area contributed by atoms with Crippen LogP contribution < -0.4 is 5.32 Å². The number of aromatic amines is 1. The molecule has 5 fully saturated rings. The van der Waals surface area contributed by atoms with Crippen LogP contribution >= 0.6 is 0 Å². The quantitative estimate of drug-likeness (QED) is 0.596. The largest absolute Gasteiger partial charge is 0.361 e. The summed E-state index contributed by atoms with van der Waals surface area (Å²) in [6.45, 7) is 8.89. The Kier molecular flexibility index (Phi) is 4.86. The van der Waals surface area contributed by atoms with Crippen LogP contribution in [0.5, 0.6) is 0 Å². The van der Waals surface area contributed by atoms with Crippen molar-refractivity contribution < 1.29 is 4.79 Å². The minimum atomic E-state index is -0.0318. The summed E-state index contributed by atoms with van der Waals surface area (Å²) >= 11 is 0. The summed E-state index contributed by atoms with van der Waals surface area (Å²) in [6.07, 6.45) is 12.2. The molecular weight excluding hydrogens is 430 g/mol. The van der Waals surface area contributed by atoms with Crippen molar-refractivity contribution in [2.24, 2.45) is 29.1 Å². The molecule has 4 nitrogen and oxygen atoms in total. The highest BCUT2D eigenvalue weighted by molar-refractivity contribution is 5.89. The second-order valence-electron chi connectivity index (χ2n) is 14.4. The van der Waals surface area contributed by atoms with Crippen molar-refractivity contribution in [2.75, 3.05) is 20.1 Å². The number of likely N-dealkylation sites (tertiary alicyclic amines) is 1. The number of nitrogens with zero attached hydrogens (tertiary/aromatic N) is 1. The Morgan fingerprint density at radius 2 is 1.77 bits per heavy atom. The van der Waals surface area contributed by atoms with Crippen LogP contribution in [0.2, 0.25) is 0 Å². The van der Waals surface area contributed by atoms with Gasteiger partial charge in [-0.25, -0.2) is 0 Å². The van der Waals surface area contributed by atoms with Crippen molar-refractivity contribution in [3.8, 4) is 0 Å². The third-order valence-corrected chi connectivity index (χ3v) is 10.8. The molecule has 4 saturated carbocycles. The number of piperidine rings is 1. The zero-order valence-electron chi connectivity index (χ0n) is 22.1. The molecular formula is C31H43N3O. The van der Waals surface area contributed by atoms with Crippen molar-refractivity contribution in [1.29, 1.82) is 0 Å². The number of rotatable bonds is 3. The maximum Gasteiger partial charge on any atom is 0.226 e. The van der Waals surface area contributed by atoms with Gasteiger partial charge in [0.15, 0.2) is 0 Å². The average Bonchev–Trinajstić information content (AvgIpc) is 3.20. The molecule has 4 heteroatoms. The number of amides is 1. The maximum absolute atomic E-state index is 13.6. The molecule has 1 aliphatic heterocycles. The van der Waals surface area contributed by atoms with Gasteiger partial charge in [-0.05, 0) is 110 Å². The van der Waals surface area contributed by atoms with Crippen molar-refractivity contribution >= 4 is 16.8 Å². The standard InChI is InChI=1S/C31H43N3O/c1-30(2,3)23-10-25-24-8-21(17-34(4)27(24)9-22-16-32-26(11-23)28(22)25)15-33-29(35)31-12-18-5-19(13-31)7-20(6-18)14-31/h10-11,16,18-21,24,27,32H,5-9,12-15,17H2,1-4H3,(H,33,35)/t18?,19?,20?,21?,24-,27-,31?/m1/s1. The van der Waals surface area contributed by atoms with E-state index in [9.17, 15) is 4.79 Å². The fourth-order valence-corrected chi connectivity index (χ4v) is 9.52. The monoisotopic (exact) mass is 473 g/mol. The Bertz CT molecular complexity index is 1130. The Labute approximate surface area is 210 Å². The molecule has 188 valence electrons. The SMILES string of the molecule is CN1CC(CNC(=O)C23CC4CC(CC(C4)C2)C3)C[C@@H]2c3cc(C(C)(C)C)cc4[nH]cc(c34)C[C@H]21. The molecule has 1 amide bonds. The van der Waals surface area contributed by atoms with Gasteiger partial charge in [-0.3, -0.25) is 4.79 Å². The number of hydrogen-bond acceptors (Lipinski definition) is 2. The van der Waals surface area contributed by atoms with E-state index < -0.39 is 0 Å². The second-order valence-corrected chi connectivity index (χ2v) is 14.4. The lowest BCUT2D eigenvalue weighted by molar-refractivity contribution is -0.146. The fourth-order valence-electron chi connectivity index (χ4n) is 9.52. The molecule has 1 aromatic carbocycles. The topological polar surface area (TPSA) is 48.1 Å². The predicted molar refractivity (Wildman–Crippen MR) is 142 cm³/mol. The zero-order chi connectivity index (χ0) is 24.1. The third-order valence-electron chi connectivity index (χ3n) is 10.8. The molecule has 1 saturated heterocycles. The summed E-state index contributed by atoms with van der Waals surface area (Å²) in [5.41, 5.74) is 5.86. The van der Waals surface area contributed by atoms with Crippen LogP contribution in [0.1, 0.15) is 88.3 Å². The first-order chi connectivity index (χ1) is 16.7. The van der Waals surface area contributed by atoms with Gasteiger partial charge in [0.2, 0.25) is 5.91 Å². The van der Waals surface area contributed by atoms with E-state index in [2.05, 4.69) is 61.3 Å². The highest BCUT2D eigenvalue weighted by atomic mass is 16.2. The molecule has 1 aromatic heterocycles. The number of carbonyl (C=O) groups is 1. The number of fused-ring (bicyclic) bond motifs is 2. The Morgan fingerprint density at radius 3 is 2.43 bits per heavy atom. The van der Waals surface area contributed by atoms with E-state index in [1.807, 2.05) is 0 Å². The number of benzene rings is 1. The molecule has 6 aliphatic rings. The molecule has 0 radical (unpaired) electrons. The maximum atomic E-state index is 13.6. The molecule has 0 spiro atoms. The van der Waals surface area contributed by atoms with Gasteiger partial charge in [0.05, 0.1) is 0 Å². The van der Waals surface area contributed by atoms with Gasteiger partial charge in [-0.2, -0.15) is 0 Å². The zero-order valence-corrected chi connectivity index (χ0v) is 22.1. The molecule has 2 N–H and O–H groups in total. The molecule has 8 rings (SSSR count). The summed E-state index contributed by atoms with van der Waals surface area (Å²) in [6, 6.07) is 5.45. The fraction of sp³-hybridized carbons (Fsp3) is 0.710. The van der Waals surface area contributed by atoms with Gasteiger partial charge in [-0.1, -0.05) is 26.8 Å². The normalized spacial score (nSPS) is 38.1. The number of likely N-dealkylation sites (N-methyl/N-ethyl adjacent to an activating group) is 1. The van der Waals surface area contributed by atoms with E-state index in [-0.39, 0.29) is 10.8 Å². The first-order valence-corrected chi connectivity index (χ1v) is 14.3. The van der Waals surface area contributed by atoms with Crippen LogP contribution in [0.15, 0.2) is 18.3 Å². The molecule has 2 aromatic rings. The highest BCUT2D eigenvalue weighted by Gasteiger charge is 2.54.